The van der Waals surface area contributed by atoms with Crippen LogP contribution in [0.1, 0.15) is 21.9 Å². The van der Waals surface area contributed by atoms with Gasteiger partial charge in [0.25, 0.3) is 5.91 Å². The SMILES string of the molecule is O=C(NCCc1csc(-c2ccccc2)n1)c1cccc(C(F)(F)F)n1. The Balaban J connectivity index is 1.57. The van der Waals surface area contributed by atoms with Crippen LogP contribution in [0, 0.1) is 0 Å². The number of nitrogens with zero attached hydrogens (tertiary/aromatic N) is 2. The second kappa shape index (κ2) is 7.65. The molecule has 134 valence electrons. The van der Waals surface area contributed by atoms with Crippen LogP contribution in [0.25, 0.3) is 10.6 Å². The Hall–Kier alpha value is -2.74. The van der Waals surface area contributed by atoms with Gasteiger partial charge in [-0.1, -0.05) is 36.4 Å². The van der Waals surface area contributed by atoms with Gasteiger partial charge in [-0.2, -0.15) is 13.2 Å². The average molecular weight is 377 g/mol. The number of carbonyl (C=O) groups is 1. The van der Waals surface area contributed by atoms with Crippen molar-refractivity contribution in [3.05, 3.63) is 71.0 Å². The van der Waals surface area contributed by atoms with E-state index in [9.17, 15) is 18.0 Å². The number of carbonyl (C=O) groups excluding carboxylic acids is 1. The van der Waals surface area contributed by atoms with Gasteiger partial charge in [0, 0.05) is 23.9 Å². The number of alkyl halides is 3. The number of aromatic nitrogens is 2. The fourth-order valence-electron chi connectivity index (χ4n) is 2.25. The molecule has 0 saturated carbocycles. The van der Waals surface area contributed by atoms with E-state index >= 15 is 0 Å². The van der Waals surface area contributed by atoms with Crippen molar-refractivity contribution in [1.82, 2.24) is 15.3 Å². The van der Waals surface area contributed by atoms with Crippen molar-refractivity contribution in [2.45, 2.75) is 12.6 Å². The third-order valence-corrected chi connectivity index (χ3v) is 4.45. The summed E-state index contributed by atoms with van der Waals surface area (Å²) in [6.45, 7) is 0.259. The first-order valence-electron chi connectivity index (χ1n) is 7.76. The molecule has 0 atom stereocenters. The van der Waals surface area contributed by atoms with E-state index in [0.717, 1.165) is 28.4 Å². The first kappa shape index (κ1) is 18.1. The molecule has 26 heavy (non-hydrogen) atoms. The van der Waals surface area contributed by atoms with E-state index in [0.29, 0.717) is 6.42 Å². The van der Waals surface area contributed by atoms with Crippen molar-refractivity contribution in [2.75, 3.05) is 6.54 Å². The van der Waals surface area contributed by atoms with Gasteiger partial charge in [0.2, 0.25) is 0 Å². The number of hydrogen-bond acceptors (Lipinski definition) is 4. The normalized spacial score (nSPS) is 11.3. The van der Waals surface area contributed by atoms with E-state index in [1.165, 1.54) is 17.4 Å². The van der Waals surface area contributed by atoms with E-state index in [1.54, 1.807) is 0 Å². The molecule has 1 aromatic carbocycles. The minimum Gasteiger partial charge on any atom is -0.350 e. The molecule has 0 aliphatic heterocycles. The first-order valence-corrected chi connectivity index (χ1v) is 8.64. The highest BCUT2D eigenvalue weighted by atomic mass is 32.1. The van der Waals surface area contributed by atoms with Gasteiger partial charge < -0.3 is 5.32 Å². The summed E-state index contributed by atoms with van der Waals surface area (Å²) in [5.74, 6) is -0.644. The number of pyridine rings is 1. The molecule has 3 aromatic rings. The van der Waals surface area contributed by atoms with Crippen LogP contribution in [0.15, 0.2) is 53.9 Å². The minimum atomic E-state index is -4.58. The lowest BCUT2D eigenvalue weighted by Crippen LogP contribution is -2.27. The van der Waals surface area contributed by atoms with Crippen molar-refractivity contribution >= 4 is 17.2 Å². The molecule has 0 aliphatic rings. The summed E-state index contributed by atoms with van der Waals surface area (Å²) in [5.41, 5.74) is 0.479. The predicted octanol–water partition coefficient (Wildman–Crippen LogP) is 4.20. The van der Waals surface area contributed by atoms with Gasteiger partial charge in [-0.25, -0.2) is 9.97 Å². The highest BCUT2D eigenvalue weighted by molar-refractivity contribution is 7.13. The number of benzene rings is 1. The van der Waals surface area contributed by atoms with Gasteiger partial charge in [-0.05, 0) is 12.1 Å². The van der Waals surface area contributed by atoms with E-state index in [4.69, 9.17) is 0 Å². The van der Waals surface area contributed by atoms with Crippen molar-refractivity contribution in [3.8, 4) is 10.6 Å². The standard InChI is InChI=1S/C18H14F3N3OS/c19-18(20,21)15-8-4-7-14(24-15)16(25)22-10-9-13-11-26-17(23-13)12-5-2-1-3-6-12/h1-8,11H,9-10H2,(H,22,25). The number of nitrogens with one attached hydrogen (secondary N) is 1. The van der Waals surface area contributed by atoms with Crippen molar-refractivity contribution < 1.29 is 18.0 Å². The largest absolute Gasteiger partial charge is 0.433 e. The zero-order valence-electron chi connectivity index (χ0n) is 13.5. The van der Waals surface area contributed by atoms with Crippen LogP contribution in [0.4, 0.5) is 13.2 Å². The molecule has 8 heteroatoms. The zero-order valence-corrected chi connectivity index (χ0v) is 14.3. The van der Waals surface area contributed by atoms with Crippen LogP contribution in [-0.2, 0) is 12.6 Å². The summed E-state index contributed by atoms with van der Waals surface area (Å²) < 4.78 is 37.9. The number of amides is 1. The molecule has 0 aliphatic carbocycles. The second-order valence-corrected chi connectivity index (χ2v) is 6.28. The fraction of sp³-hybridized carbons (Fsp3) is 0.167. The smallest absolute Gasteiger partial charge is 0.350 e. The summed E-state index contributed by atoms with van der Waals surface area (Å²) in [6, 6.07) is 13.0. The number of hydrogen-bond donors (Lipinski definition) is 1. The van der Waals surface area contributed by atoms with Crippen molar-refractivity contribution in [1.29, 1.82) is 0 Å². The summed E-state index contributed by atoms with van der Waals surface area (Å²) in [7, 11) is 0. The lowest BCUT2D eigenvalue weighted by Gasteiger charge is -2.08. The van der Waals surface area contributed by atoms with Crippen LogP contribution in [0.5, 0.6) is 0 Å². The maximum atomic E-state index is 12.6. The molecule has 4 nitrogen and oxygen atoms in total. The lowest BCUT2D eigenvalue weighted by molar-refractivity contribution is -0.141. The highest BCUT2D eigenvalue weighted by Gasteiger charge is 2.32. The Morgan fingerprint density at radius 3 is 2.54 bits per heavy atom. The van der Waals surface area contributed by atoms with Crippen molar-refractivity contribution in [3.63, 3.8) is 0 Å². The molecule has 1 N–H and O–H groups in total. The Bertz CT molecular complexity index is 894. The summed E-state index contributed by atoms with van der Waals surface area (Å²) in [4.78, 5) is 19.8. The third-order valence-electron chi connectivity index (χ3n) is 3.51. The molecule has 0 spiro atoms. The van der Waals surface area contributed by atoms with Crippen LogP contribution in [0.3, 0.4) is 0 Å². The average Bonchev–Trinajstić information content (AvgIpc) is 3.11. The van der Waals surface area contributed by atoms with Crippen LogP contribution < -0.4 is 5.32 Å². The maximum absolute atomic E-state index is 12.6. The summed E-state index contributed by atoms with van der Waals surface area (Å²) in [5, 5.41) is 5.35. The molecule has 3 rings (SSSR count). The molecule has 0 radical (unpaired) electrons. The number of thiazole rings is 1. The van der Waals surface area contributed by atoms with Gasteiger partial charge in [-0.3, -0.25) is 4.79 Å². The van der Waals surface area contributed by atoms with E-state index in [1.807, 2.05) is 35.7 Å². The maximum Gasteiger partial charge on any atom is 0.433 e. The molecule has 2 heterocycles. The van der Waals surface area contributed by atoms with E-state index < -0.39 is 17.8 Å². The lowest BCUT2D eigenvalue weighted by atomic mass is 10.2. The molecular formula is C18H14F3N3OS. The van der Waals surface area contributed by atoms with E-state index in [2.05, 4.69) is 15.3 Å². The zero-order chi connectivity index (χ0) is 18.6. The molecule has 0 saturated heterocycles. The van der Waals surface area contributed by atoms with Gasteiger partial charge in [0.1, 0.15) is 16.4 Å². The molecule has 1 amide bonds. The summed E-state index contributed by atoms with van der Waals surface area (Å²) >= 11 is 1.50. The second-order valence-electron chi connectivity index (χ2n) is 5.42. The van der Waals surface area contributed by atoms with E-state index in [-0.39, 0.29) is 12.2 Å². The quantitative estimate of drug-likeness (QED) is 0.725. The molecule has 0 unspecified atom stereocenters. The predicted molar refractivity (Wildman–Crippen MR) is 92.8 cm³/mol. The van der Waals surface area contributed by atoms with Crippen molar-refractivity contribution in [2.24, 2.45) is 0 Å². The van der Waals surface area contributed by atoms with Crippen LogP contribution in [0.2, 0.25) is 0 Å². The molecule has 2 aromatic heterocycles. The Kier molecular flexibility index (Phi) is 5.32. The van der Waals surface area contributed by atoms with Crippen LogP contribution >= 0.6 is 11.3 Å². The fourth-order valence-corrected chi connectivity index (χ4v) is 3.11. The molecular weight excluding hydrogens is 363 g/mol. The number of rotatable bonds is 5. The van der Waals surface area contributed by atoms with Gasteiger partial charge in [0.15, 0.2) is 0 Å². The Labute approximate surface area is 151 Å². The van der Waals surface area contributed by atoms with Gasteiger partial charge in [-0.15, -0.1) is 11.3 Å². The molecule has 0 bridgehead atoms. The first-order chi connectivity index (χ1) is 12.4. The monoisotopic (exact) mass is 377 g/mol. The Morgan fingerprint density at radius 2 is 1.81 bits per heavy atom. The molecule has 0 fully saturated rings. The highest BCUT2D eigenvalue weighted by Crippen LogP contribution is 2.27. The minimum absolute atomic E-state index is 0.259. The van der Waals surface area contributed by atoms with Gasteiger partial charge in [0.05, 0.1) is 5.69 Å². The topological polar surface area (TPSA) is 54.9 Å². The summed E-state index contributed by atoms with van der Waals surface area (Å²) in [6.07, 6.45) is -4.10. The third kappa shape index (κ3) is 4.45. The van der Waals surface area contributed by atoms with Crippen LogP contribution in [-0.4, -0.2) is 22.4 Å². The Morgan fingerprint density at radius 1 is 1.04 bits per heavy atom. The number of halogens is 3. The van der Waals surface area contributed by atoms with Gasteiger partial charge >= 0.3 is 6.18 Å².